The Kier molecular flexibility index (Phi) is 3.79. The first-order valence-corrected chi connectivity index (χ1v) is 5.60. The fourth-order valence-electron chi connectivity index (χ4n) is 1.43. The number of rotatable bonds is 4. The summed E-state index contributed by atoms with van der Waals surface area (Å²) in [6, 6.07) is 9.84. The van der Waals surface area contributed by atoms with E-state index in [1.165, 1.54) is 18.2 Å². The minimum atomic E-state index is -1.05. The summed E-state index contributed by atoms with van der Waals surface area (Å²) in [6.45, 7) is 0.196. The van der Waals surface area contributed by atoms with Crippen molar-refractivity contribution < 1.29 is 14.6 Å². The minimum absolute atomic E-state index is 0.0790. The monoisotopic (exact) mass is 263 g/mol. The molecule has 0 amide bonds. The van der Waals surface area contributed by atoms with Crippen LogP contribution < -0.4 is 4.74 Å². The molecule has 0 spiro atoms. The Morgan fingerprint density at radius 3 is 2.83 bits per heavy atom. The van der Waals surface area contributed by atoms with E-state index in [1.54, 1.807) is 18.3 Å². The molecule has 0 bridgehead atoms. The van der Waals surface area contributed by atoms with E-state index in [4.69, 9.17) is 21.4 Å². The molecule has 4 nitrogen and oxygen atoms in total. The summed E-state index contributed by atoms with van der Waals surface area (Å²) in [5.74, 6) is -0.816. The van der Waals surface area contributed by atoms with Crippen molar-refractivity contribution in [1.82, 2.24) is 4.98 Å². The number of hydrogen-bond donors (Lipinski definition) is 1. The fourth-order valence-corrected chi connectivity index (χ4v) is 1.59. The van der Waals surface area contributed by atoms with Gasteiger partial charge < -0.3 is 9.84 Å². The molecule has 2 rings (SSSR count). The molecule has 2 aromatic rings. The molecule has 0 aliphatic heterocycles. The molecular formula is C13H10ClNO3. The van der Waals surface area contributed by atoms with Crippen molar-refractivity contribution >= 4 is 17.6 Å². The first-order valence-electron chi connectivity index (χ1n) is 5.22. The van der Waals surface area contributed by atoms with E-state index in [1.807, 2.05) is 6.07 Å². The van der Waals surface area contributed by atoms with Crippen LogP contribution in [0.4, 0.5) is 0 Å². The number of ether oxygens (including phenoxy) is 1. The maximum Gasteiger partial charge on any atom is 0.339 e. The molecule has 0 aliphatic rings. The molecule has 0 fully saturated rings. The number of nitrogens with zero attached hydrogens (tertiary/aromatic N) is 1. The average Bonchev–Trinajstić information content (AvgIpc) is 2.37. The SMILES string of the molecule is O=C(O)c1ccc(Cl)cc1OCc1ccccn1. The molecule has 92 valence electrons. The predicted octanol–water partition coefficient (Wildman–Crippen LogP) is 3.01. The number of benzene rings is 1. The molecule has 1 N–H and O–H groups in total. The summed E-state index contributed by atoms with van der Waals surface area (Å²) >= 11 is 5.81. The number of halogens is 1. The molecular weight excluding hydrogens is 254 g/mol. The molecule has 5 heteroatoms. The first-order chi connectivity index (χ1) is 8.66. The van der Waals surface area contributed by atoms with Crippen LogP contribution in [0.3, 0.4) is 0 Å². The zero-order valence-corrected chi connectivity index (χ0v) is 10.1. The number of pyridine rings is 1. The zero-order valence-electron chi connectivity index (χ0n) is 9.34. The molecule has 0 aliphatic carbocycles. The lowest BCUT2D eigenvalue weighted by atomic mass is 10.2. The van der Waals surface area contributed by atoms with Crippen LogP contribution in [0.5, 0.6) is 5.75 Å². The number of aromatic carboxylic acids is 1. The fraction of sp³-hybridized carbons (Fsp3) is 0.0769. The summed E-state index contributed by atoms with van der Waals surface area (Å²) in [6.07, 6.45) is 1.65. The van der Waals surface area contributed by atoms with E-state index in [2.05, 4.69) is 4.98 Å². The van der Waals surface area contributed by atoms with E-state index >= 15 is 0 Å². The van der Waals surface area contributed by atoms with Crippen LogP contribution >= 0.6 is 11.6 Å². The van der Waals surface area contributed by atoms with E-state index in [-0.39, 0.29) is 17.9 Å². The van der Waals surface area contributed by atoms with Crippen LogP contribution in [-0.2, 0) is 6.61 Å². The number of carboxylic acids is 1. The zero-order chi connectivity index (χ0) is 13.0. The van der Waals surface area contributed by atoms with Crippen LogP contribution in [0.1, 0.15) is 16.1 Å². The highest BCUT2D eigenvalue weighted by atomic mass is 35.5. The minimum Gasteiger partial charge on any atom is -0.486 e. The maximum absolute atomic E-state index is 11.0. The van der Waals surface area contributed by atoms with E-state index < -0.39 is 5.97 Å². The lowest BCUT2D eigenvalue weighted by molar-refractivity contribution is 0.0691. The molecule has 1 heterocycles. The first kappa shape index (κ1) is 12.4. The highest BCUT2D eigenvalue weighted by Crippen LogP contribution is 2.24. The van der Waals surface area contributed by atoms with Crippen molar-refractivity contribution in [2.24, 2.45) is 0 Å². The molecule has 0 saturated heterocycles. The third-order valence-corrected chi connectivity index (χ3v) is 2.51. The summed E-state index contributed by atoms with van der Waals surface area (Å²) in [7, 11) is 0. The van der Waals surface area contributed by atoms with Gasteiger partial charge in [-0.05, 0) is 30.3 Å². The standard InChI is InChI=1S/C13H10ClNO3/c14-9-4-5-11(13(16)17)12(7-9)18-8-10-3-1-2-6-15-10/h1-7H,8H2,(H,16,17). The molecule has 0 radical (unpaired) electrons. The third-order valence-electron chi connectivity index (χ3n) is 2.28. The van der Waals surface area contributed by atoms with Crippen LogP contribution in [0.15, 0.2) is 42.6 Å². The van der Waals surface area contributed by atoms with Crippen molar-refractivity contribution in [2.75, 3.05) is 0 Å². The smallest absolute Gasteiger partial charge is 0.339 e. The van der Waals surface area contributed by atoms with Crippen molar-refractivity contribution in [3.05, 3.63) is 58.9 Å². The van der Waals surface area contributed by atoms with Crippen molar-refractivity contribution in [1.29, 1.82) is 0 Å². The maximum atomic E-state index is 11.0. The second kappa shape index (κ2) is 5.51. The topological polar surface area (TPSA) is 59.4 Å². The third kappa shape index (κ3) is 2.99. The van der Waals surface area contributed by atoms with Crippen molar-refractivity contribution in [2.45, 2.75) is 6.61 Å². The van der Waals surface area contributed by atoms with Crippen LogP contribution in [0.25, 0.3) is 0 Å². The quantitative estimate of drug-likeness (QED) is 0.921. The number of aromatic nitrogens is 1. The largest absolute Gasteiger partial charge is 0.486 e. The lowest BCUT2D eigenvalue weighted by Crippen LogP contribution is -2.04. The van der Waals surface area contributed by atoms with Gasteiger partial charge in [0.25, 0.3) is 0 Å². The van der Waals surface area contributed by atoms with E-state index in [0.29, 0.717) is 10.7 Å². The molecule has 0 atom stereocenters. The van der Waals surface area contributed by atoms with Gasteiger partial charge in [-0.3, -0.25) is 4.98 Å². The summed E-state index contributed by atoms with van der Waals surface area (Å²) < 4.78 is 5.44. The van der Waals surface area contributed by atoms with Gasteiger partial charge in [0.2, 0.25) is 0 Å². The number of hydrogen-bond acceptors (Lipinski definition) is 3. The van der Waals surface area contributed by atoms with Crippen LogP contribution in [0, 0.1) is 0 Å². The van der Waals surface area contributed by atoms with Gasteiger partial charge in [0.05, 0.1) is 5.69 Å². The Bertz CT molecular complexity index is 557. The van der Waals surface area contributed by atoms with Gasteiger partial charge in [-0.1, -0.05) is 17.7 Å². The summed E-state index contributed by atoms with van der Waals surface area (Å²) in [5.41, 5.74) is 0.796. The van der Waals surface area contributed by atoms with Crippen LogP contribution in [-0.4, -0.2) is 16.1 Å². The second-order valence-corrected chi connectivity index (χ2v) is 3.99. The Morgan fingerprint density at radius 1 is 1.33 bits per heavy atom. The summed E-state index contributed by atoms with van der Waals surface area (Å²) in [4.78, 5) is 15.1. The van der Waals surface area contributed by atoms with Gasteiger partial charge in [0.1, 0.15) is 17.9 Å². The van der Waals surface area contributed by atoms with Gasteiger partial charge >= 0.3 is 5.97 Å². The second-order valence-electron chi connectivity index (χ2n) is 3.56. The van der Waals surface area contributed by atoms with Gasteiger partial charge in [0.15, 0.2) is 0 Å². The van der Waals surface area contributed by atoms with Gasteiger partial charge in [0, 0.05) is 11.2 Å². The summed E-state index contributed by atoms with van der Waals surface area (Å²) in [5, 5.41) is 9.44. The normalized spacial score (nSPS) is 10.1. The molecule has 1 aromatic carbocycles. The lowest BCUT2D eigenvalue weighted by Gasteiger charge is -2.09. The van der Waals surface area contributed by atoms with E-state index in [0.717, 1.165) is 0 Å². The Hall–Kier alpha value is -2.07. The molecule has 18 heavy (non-hydrogen) atoms. The molecule has 0 unspecified atom stereocenters. The Balaban J connectivity index is 2.18. The Morgan fingerprint density at radius 2 is 2.17 bits per heavy atom. The highest BCUT2D eigenvalue weighted by molar-refractivity contribution is 6.30. The predicted molar refractivity (Wildman–Crippen MR) is 67.0 cm³/mol. The average molecular weight is 264 g/mol. The van der Waals surface area contributed by atoms with Crippen LogP contribution in [0.2, 0.25) is 5.02 Å². The van der Waals surface area contributed by atoms with Gasteiger partial charge in [-0.2, -0.15) is 0 Å². The highest BCUT2D eigenvalue weighted by Gasteiger charge is 2.11. The number of carboxylic acid groups (broad SMARTS) is 1. The molecule has 0 saturated carbocycles. The van der Waals surface area contributed by atoms with Crippen molar-refractivity contribution in [3.8, 4) is 5.75 Å². The van der Waals surface area contributed by atoms with Gasteiger partial charge in [-0.15, -0.1) is 0 Å². The Labute approximate surface area is 109 Å². The van der Waals surface area contributed by atoms with Gasteiger partial charge in [-0.25, -0.2) is 4.79 Å². The number of carbonyl (C=O) groups is 1. The molecule has 1 aromatic heterocycles. The van der Waals surface area contributed by atoms with Crippen molar-refractivity contribution in [3.63, 3.8) is 0 Å². The van der Waals surface area contributed by atoms with E-state index in [9.17, 15) is 4.79 Å².